The molecule has 31 heavy (non-hydrogen) atoms. The lowest BCUT2D eigenvalue weighted by atomic mass is 9.97. The molecular formula is C21H18F4N2O4. The van der Waals surface area contributed by atoms with E-state index < -0.39 is 35.5 Å². The summed E-state index contributed by atoms with van der Waals surface area (Å²) in [4.78, 5) is 25.4. The standard InChI is InChI=1S/C21H18F4N2O4/c1-10(19(29)26-3)18-11(2)27(16-9-15(22)17(28)8-14(16)18)20(30)12-4-6-13(7-5-12)31-21(23,24)25/h4-10,28H,1-3H3,(H,26,29)/t10-/m1/s1. The van der Waals surface area contributed by atoms with Gasteiger partial charge in [0.1, 0.15) is 5.75 Å². The van der Waals surface area contributed by atoms with Crippen LogP contribution in [0.15, 0.2) is 36.4 Å². The second kappa shape index (κ2) is 7.93. The van der Waals surface area contributed by atoms with Crippen molar-refractivity contribution in [3.63, 3.8) is 0 Å². The molecule has 0 radical (unpaired) electrons. The lowest BCUT2D eigenvalue weighted by molar-refractivity contribution is -0.274. The van der Waals surface area contributed by atoms with Crippen molar-refractivity contribution in [1.29, 1.82) is 0 Å². The zero-order valence-corrected chi connectivity index (χ0v) is 16.7. The number of aromatic hydroxyl groups is 1. The summed E-state index contributed by atoms with van der Waals surface area (Å²) in [5, 5.41) is 12.6. The smallest absolute Gasteiger partial charge is 0.505 e. The van der Waals surface area contributed by atoms with Crippen molar-refractivity contribution in [2.45, 2.75) is 26.1 Å². The van der Waals surface area contributed by atoms with Crippen LogP contribution in [0.5, 0.6) is 11.5 Å². The number of fused-ring (bicyclic) bond motifs is 1. The third-order valence-electron chi connectivity index (χ3n) is 4.93. The molecule has 0 saturated carbocycles. The SMILES string of the molecule is CNC(=O)[C@H](C)c1c(C)n(C(=O)c2ccc(OC(F)(F)F)cc2)c2cc(F)c(O)cc12. The highest BCUT2D eigenvalue weighted by molar-refractivity contribution is 6.05. The number of nitrogens with one attached hydrogen (secondary N) is 1. The molecule has 3 aromatic rings. The number of likely N-dealkylation sites (N-methyl/N-ethyl adjacent to an activating group) is 1. The van der Waals surface area contributed by atoms with E-state index in [2.05, 4.69) is 10.1 Å². The summed E-state index contributed by atoms with van der Waals surface area (Å²) in [6.07, 6.45) is -4.87. The number of phenols is 1. The first kappa shape index (κ1) is 22.1. The lowest BCUT2D eigenvalue weighted by Crippen LogP contribution is -2.24. The van der Waals surface area contributed by atoms with Gasteiger partial charge in [0.25, 0.3) is 5.91 Å². The Balaban J connectivity index is 2.15. The molecule has 0 spiro atoms. The number of nitrogens with zero attached hydrogens (tertiary/aromatic N) is 1. The second-order valence-electron chi connectivity index (χ2n) is 6.87. The average Bonchev–Trinajstić information content (AvgIpc) is 2.96. The number of amides is 1. The van der Waals surface area contributed by atoms with Crippen molar-refractivity contribution in [3.8, 4) is 11.5 Å². The summed E-state index contributed by atoms with van der Waals surface area (Å²) in [6.45, 7) is 3.15. The first-order valence-corrected chi connectivity index (χ1v) is 9.10. The Kier molecular flexibility index (Phi) is 5.66. The van der Waals surface area contributed by atoms with Crippen molar-refractivity contribution in [2.75, 3.05) is 7.05 Å². The fourth-order valence-electron chi connectivity index (χ4n) is 3.53. The topological polar surface area (TPSA) is 80.6 Å². The van der Waals surface area contributed by atoms with Crippen LogP contribution in [0.3, 0.4) is 0 Å². The molecule has 0 aliphatic carbocycles. The number of phenolic OH excluding ortho intramolecular Hbond substituents is 1. The Morgan fingerprint density at radius 1 is 1.16 bits per heavy atom. The van der Waals surface area contributed by atoms with Crippen LogP contribution in [0, 0.1) is 12.7 Å². The van der Waals surface area contributed by atoms with Crippen molar-refractivity contribution in [2.24, 2.45) is 0 Å². The molecule has 1 atom stereocenters. The van der Waals surface area contributed by atoms with Gasteiger partial charge in [-0.05, 0) is 49.7 Å². The van der Waals surface area contributed by atoms with Crippen LogP contribution in [0.1, 0.15) is 34.5 Å². The third kappa shape index (κ3) is 4.18. The predicted molar refractivity (Wildman–Crippen MR) is 104 cm³/mol. The molecule has 2 aromatic carbocycles. The number of carbonyl (C=O) groups excluding carboxylic acids is 2. The van der Waals surface area contributed by atoms with Crippen LogP contribution in [-0.4, -0.2) is 34.9 Å². The number of benzene rings is 2. The molecule has 164 valence electrons. The van der Waals surface area contributed by atoms with Gasteiger partial charge >= 0.3 is 6.36 Å². The normalized spacial score (nSPS) is 12.6. The molecule has 0 aliphatic rings. The minimum atomic E-state index is -4.87. The van der Waals surface area contributed by atoms with Crippen LogP contribution in [0.2, 0.25) is 0 Å². The second-order valence-corrected chi connectivity index (χ2v) is 6.87. The van der Waals surface area contributed by atoms with E-state index in [-0.39, 0.29) is 17.0 Å². The van der Waals surface area contributed by atoms with Crippen LogP contribution in [0.25, 0.3) is 10.9 Å². The zero-order chi connectivity index (χ0) is 23.1. The van der Waals surface area contributed by atoms with E-state index in [1.165, 1.54) is 7.05 Å². The maximum absolute atomic E-state index is 14.1. The maximum atomic E-state index is 14.1. The minimum absolute atomic E-state index is 0.0159. The van der Waals surface area contributed by atoms with Gasteiger partial charge in [-0.3, -0.25) is 14.2 Å². The van der Waals surface area contributed by atoms with E-state index in [4.69, 9.17) is 0 Å². The highest BCUT2D eigenvalue weighted by Gasteiger charge is 2.31. The molecular weight excluding hydrogens is 420 g/mol. The quantitative estimate of drug-likeness (QED) is 0.598. The van der Waals surface area contributed by atoms with E-state index in [1.54, 1.807) is 13.8 Å². The van der Waals surface area contributed by atoms with Crippen LogP contribution in [-0.2, 0) is 4.79 Å². The van der Waals surface area contributed by atoms with Gasteiger partial charge in [-0.25, -0.2) is 4.39 Å². The summed E-state index contributed by atoms with van der Waals surface area (Å²) in [6, 6.07) is 6.37. The number of aromatic nitrogens is 1. The number of hydrogen-bond acceptors (Lipinski definition) is 4. The van der Waals surface area contributed by atoms with Crippen LogP contribution >= 0.6 is 0 Å². The van der Waals surface area contributed by atoms with Gasteiger partial charge in [-0.15, -0.1) is 13.2 Å². The molecule has 1 heterocycles. The molecule has 6 nitrogen and oxygen atoms in total. The van der Waals surface area contributed by atoms with Gasteiger partial charge in [0.05, 0.1) is 11.4 Å². The van der Waals surface area contributed by atoms with Crippen molar-refractivity contribution in [3.05, 3.63) is 59.0 Å². The molecule has 1 amide bonds. The highest BCUT2D eigenvalue weighted by Crippen LogP contribution is 2.36. The fraction of sp³-hybridized carbons (Fsp3) is 0.238. The molecule has 3 rings (SSSR count). The minimum Gasteiger partial charge on any atom is -0.505 e. The largest absolute Gasteiger partial charge is 0.573 e. The number of hydrogen-bond donors (Lipinski definition) is 2. The van der Waals surface area contributed by atoms with Crippen LogP contribution < -0.4 is 10.1 Å². The van der Waals surface area contributed by atoms with E-state index in [0.717, 1.165) is 41.0 Å². The Morgan fingerprint density at radius 2 is 1.77 bits per heavy atom. The third-order valence-corrected chi connectivity index (χ3v) is 4.93. The van der Waals surface area contributed by atoms with Crippen molar-refractivity contribution >= 4 is 22.7 Å². The summed E-state index contributed by atoms with van der Waals surface area (Å²) in [7, 11) is 1.44. The molecule has 1 aromatic heterocycles. The maximum Gasteiger partial charge on any atom is 0.573 e. The summed E-state index contributed by atoms with van der Waals surface area (Å²) >= 11 is 0. The number of alkyl halides is 3. The number of halogens is 4. The summed E-state index contributed by atoms with van der Waals surface area (Å²) in [5.41, 5.74) is 0.869. The van der Waals surface area contributed by atoms with Gasteiger partial charge in [0.15, 0.2) is 11.6 Å². The van der Waals surface area contributed by atoms with Gasteiger partial charge in [0.2, 0.25) is 5.91 Å². The predicted octanol–water partition coefficient (Wildman–Crippen LogP) is 4.23. The Labute approximate surface area is 174 Å². The van der Waals surface area contributed by atoms with Gasteiger partial charge < -0.3 is 15.2 Å². The number of carbonyl (C=O) groups is 2. The van der Waals surface area contributed by atoms with E-state index in [9.17, 15) is 32.3 Å². The van der Waals surface area contributed by atoms with Crippen LogP contribution in [0.4, 0.5) is 17.6 Å². The van der Waals surface area contributed by atoms with Gasteiger partial charge in [-0.1, -0.05) is 0 Å². The first-order chi connectivity index (χ1) is 14.4. The Hall–Kier alpha value is -3.56. The van der Waals surface area contributed by atoms with E-state index in [0.29, 0.717) is 16.6 Å². The fourth-order valence-corrected chi connectivity index (χ4v) is 3.53. The zero-order valence-electron chi connectivity index (χ0n) is 16.7. The Morgan fingerprint density at radius 3 is 2.32 bits per heavy atom. The van der Waals surface area contributed by atoms with Gasteiger partial charge in [-0.2, -0.15) is 0 Å². The summed E-state index contributed by atoms with van der Waals surface area (Å²) in [5.74, 6) is -3.84. The highest BCUT2D eigenvalue weighted by atomic mass is 19.4. The molecule has 2 N–H and O–H groups in total. The summed E-state index contributed by atoms with van der Waals surface area (Å²) < 4.78 is 56.1. The molecule has 0 saturated heterocycles. The van der Waals surface area contributed by atoms with E-state index >= 15 is 0 Å². The molecule has 0 fully saturated rings. The average molecular weight is 438 g/mol. The lowest BCUT2D eigenvalue weighted by Gasteiger charge is -2.12. The molecule has 0 bridgehead atoms. The number of ether oxygens (including phenoxy) is 1. The molecule has 0 aliphatic heterocycles. The van der Waals surface area contributed by atoms with Crippen molar-refractivity contribution in [1.82, 2.24) is 9.88 Å². The molecule has 0 unspecified atom stereocenters. The molecule has 10 heteroatoms. The van der Waals surface area contributed by atoms with E-state index in [1.807, 2.05) is 0 Å². The Bertz CT molecular complexity index is 1170. The van der Waals surface area contributed by atoms with Crippen molar-refractivity contribution < 1.29 is 37.0 Å². The first-order valence-electron chi connectivity index (χ1n) is 9.10. The van der Waals surface area contributed by atoms with Gasteiger partial charge in [0, 0.05) is 29.8 Å². The monoisotopic (exact) mass is 438 g/mol. The number of rotatable bonds is 4.